The lowest BCUT2D eigenvalue weighted by Crippen LogP contribution is -1.85. The number of halogens is 1. The van der Waals surface area contributed by atoms with Crippen LogP contribution in [0.5, 0.6) is 0 Å². The van der Waals surface area contributed by atoms with Crippen LogP contribution >= 0.6 is 0 Å². The second-order valence-electron chi connectivity index (χ2n) is 2.40. The van der Waals surface area contributed by atoms with Crippen molar-refractivity contribution in [1.29, 1.82) is 0 Å². The third-order valence-corrected chi connectivity index (χ3v) is 1.63. The maximum atomic E-state index is 12.9. The Hall–Kier alpha value is -1.38. The van der Waals surface area contributed by atoms with Gasteiger partial charge in [0.1, 0.15) is 11.5 Å². The van der Waals surface area contributed by atoms with Gasteiger partial charge in [0.2, 0.25) is 0 Å². The number of fused-ring (bicyclic) bond motifs is 1. The van der Waals surface area contributed by atoms with Gasteiger partial charge >= 0.3 is 0 Å². The van der Waals surface area contributed by atoms with Gasteiger partial charge in [0.05, 0.1) is 11.6 Å². The van der Waals surface area contributed by atoms with E-state index in [1.165, 1.54) is 6.20 Å². The average molecular weight is 149 g/mol. The first-order valence-electron chi connectivity index (χ1n) is 3.26. The van der Waals surface area contributed by atoms with E-state index in [0.29, 0.717) is 11.0 Å². The molecule has 2 nitrogen and oxygen atoms in total. The van der Waals surface area contributed by atoms with Gasteiger partial charge in [0.15, 0.2) is 0 Å². The lowest BCUT2D eigenvalue weighted by molar-refractivity contribution is 0.633. The summed E-state index contributed by atoms with van der Waals surface area (Å²) in [4.78, 5) is 3.90. The van der Waals surface area contributed by atoms with Crippen molar-refractivity contribution in [2.75, 3.05) is 0 Å². The van der Waals surface area contributed by atoms with Gasteiger partial charge in [-0.15, -0.1) is 0 Å². The summed E-state index contributed by atoms with van der Waals surface area (Å²) in [5, 5.41) is 0.547. The fourth-order valence-electron chi connectivity index (χ4n) is 1.11. The van der Waals surface area contributed by atoms with Crippen LogP contribution in [0.4, 0.5) is 4.39 Å². The van der Waals surface area contributed by atoms with Gasteiger partial charge in [-0.1, -0.05) is 0 Å². The zero-order valence-corrected chi connectivity index (χ0v) is 6.00. The number of aryl methyl sites for hydroxylation is 1. The molecular weight excluding hydrogens is 143 g/mol. The molecule has 0 amide bonds. The van der Waals surface area contributed by atoms with Crippen LogP contribution in [0.3, 0.4) is 0 Å². The van der Waals surface area contributed by atoms with Crippen LogP contribution in [-0.2, 0) is 7.05 Å². The molecule has 0 bridgehead atoms. The molecule has 0 aliphatic rings. The summed E-state index contributed by atoms with van der Waals surface area (Å²) in [7, 11) is 1.76. The molecule has 0 aliphatic carbocycles. The molecule has 2 aromatic rings. The lowest BCUT2D eigenvalue weighted by atomic mass is 10.3. The van der Waals surface area contributed by atoms with Crippen molar-refractivity contribution in [3.05, 3.63) is 30.3 Å². The highest BCUT2D eigenvalue weighted by atomic mass is 19.1. The number of hydrogen-bond acceptors (Lipinski definition) is 1. The Kier molecular flexibility index (Phi) is 1.18. The van der Waals surface area contributed by atoms with E-state index < -0.39 is 0 Å². The van der Waals surface area contributed by atoms with E-state index in [4.69, 9.17) is 0 Å². The van der Waals surface area contributed by atoms with E-state index in [0.717, 1.165) is 0 Å². The summed E-state index contributed by atoms with van der Waals surface area (Å²) in [6, 6.07) is 3.27. The number of rotatable bonds is 0. The summed E-state index contributed by atoms with van der Waals surface area (Å²) >= 11 is 0. The molecule has 0 fully saturated rings. The Bertz CT molecular complexity index is 356. The smallest absolute Gasteiger partial charge is 0.150 e. The number of hydrogen-bond donors (Lipinski definition) is 0. The number of pyridine rings is 1. The second kappa shape index (κ2) is 2.05. The van der Waals surface area contributed by atoms with E-state index in [9.17, 15) is 4.39 Å². The minimum Gasteiger partial charge on any atom is -0.333 e. The van der Waals surface area contributed by atoms with Crippen LogP contribution in [0.25, 0.3) is 11.0 Å². The molecule has 2 heterocycles. The Labute approximate surface area is 63.3 Å². The maximum Gasteiger partial charge on any atom is 0.150 e. The van der Waals surface area contributed by atoms with Crippen molar-refractivity contribution < 1.29 is 4.39 Å². The van der Waals surface area contributed by atoms with Crippen molar-refractivity contribution >= 4 is 11.0 Å². The molecule has 2 rings (SSSR count). The molecule has 1 radical (unpaired) electrons. The SMILES string of the molecule is Cn1cc(F)c2cc[c]nc21. The topological polar surface area (TPSA) is 17.8 Å². The second-order valence-corrected chi connectivity index (χ2v) is 2.40. The van der Waals surface area contributed by atoms with Gasteiger partial charge in [-0.05, 0) is 12.1 Å². The minimum absolute atomic E-state index is 0.232. The summed E-state index contributed by atoms with van der Waals surface area (Å²) in [6.45, 7) is 0. The first kappa shape index (κ1) is 6.34. The molecule has 0 atom stereocenters. The van der Waals surface area contributed by atoms with E-state index >= 15 is 0 Å². The summed E-state index contributed by atoms with van der Waals surface area (Å²) in [6.07, 6.45) is 4.06. The fraction of sp³-hybridized carbons (Fsp3) is 0.125. The van der Waals surface area contributed by atoms with Crippen LogP contribution in [0, 0.1) is 12.0 Å². The first-order chi connectivity index (χ1) is 5.29. The molecule has 0 saturated carbocycles. The van der Waals surface area contributed by atoms with Gasteiger partial charge in [0.25, 0.3) is 0 Å². The predicted octanol–water partition coefficient (Wildman–Crippen LogP) is 1.51. The standard InChI is InChI=1S/C8H6FN2/c1-11-5-7(9)6-3-2-4-10-8(6)11/h2-3,5H,1H3. The zero-order chi connectivity index (χ0) is 7.84. The number of nitrogens with zero attached hydrogens (tertiary/aromatic N) is 2. The van der Waals surface area contributed by atoms with Crippen molar-refractivity contribution in [1.82, 2.24) is 9.55 Å². The third kappa shape index (κ3) is 0.808. The van der Waals surface area contributed by atoms with Crippen molar-refractivity contribution in [2.45, 2.75) is 0 Å². The first-order valence-corrected chi connectivity index (χ1v) is 3.26. The predicted molar refractivity (Wildman–Crippen MR) is 39.5 cm³/mol. The fourth-order valence-corrected chi connectivity index (χ4v) is 1.11. The highest BCUT2D eigenvalue weighted by Gasteiger charge is 2.04. The summed E-state index contributed by atoms with van der Waals surface area (Å²) in [5.41, 5.74) is 0.630. The molecule has 0 N–H and O–H groups in total. The van der Waals surface area contributed by atoms with Crippen molar-refractivity contribution in [3.8, 4) is 0 Å². The van der Waals surface area contributed by atoms with Crippen molar-refractivity contribution in [2.24, 2.45) is 7.05 Å². The molecule has 0 saturated heterocycles. The molecule has 2 aromatic heterocycles. The quantitative estimate of drug-likeness (QED) is 0.555. The molecule has 3 heteroatoms. The van der Waals surface area contributed by atoms with E-state index in [1.54, 1.807) is 23.7 Å². The number of aromatic nitrogens is 2. The van der Waals surface area contributed by atoms with Gasteiger partial charge in [-0.2, -0.15) is 0 Å². The zero-order valence-electron chi connectivity index (χ0n) is 6.00. The molecule has 11 heavy (non-hydrogen) atoms. The van der Waals surface area contributed by atoms with E-state index in [2.05, 4.69) is 11.2 Å². The van der Waals surface area contributed by atoms with Crippen LogP contribution in [0.2, 0.25) is 0 Å². The Morgan fingerprint density at radius 3 is 3.18 bits per heavy atom. The van der Waals surface area contributed by atoms with Gasteiger partial charge in [-0.25, -0.2) is 9.37 Å². The highest BCUT2D eigenvalue weighted by Crippen LogP contribution is 2.15. The highest BCUT2D eigenvalue weighted by molar-refractivity contribution is 5.76. The van der Waals surface area contributed by atoms with Crippen LogP contribution in [-0.4, -0.2) is 9.55 Å². The molecule has 0 aromatic carbocycles. The van der Waals surface area contributed by atoms with Gasteiger partial charge in [-0.3, -0.25) is 0 Å². The van der Waals surface area contributed by atoms with Crippen molar-refractivity contribution in [3.63, 3.8) is 0 Å². The summed E-state index contributed by atoms with van der Waals surface area (Å²) in [5.74, 6) is -0.232. The van der Waals surface area contributed by atoms with Crippen LogP contribution in [0.15, 0.2) is 18.3 Å². The molecule has 55 valence electrons. The van der Waals surface area contributed by atoms with E-state index in [1.807, 2.05) is 0 Å². The largest absolute Gasteiger partial charge is 0.333 e. The normalized spacial score (nSPS) is 10.7. The lowest BCUT2D eigenvalue weighted by Gasteiger charge is -1.90. The maximum absolute atomic E-state index is 12.9. The molecule has 0 spiro atoms. The molecule has 0 aliphatic heterocycles. The molecular formula is C8H6FN2. The monoisotopic (exact) mass is 149 g/mol. The minimum atomic E-state index is -0.232. The van der Waals surface area contributed by atoms with Crippen LogP contribution in [0.1, 0.15) is 0 Å². The van der Waals surface area contributed by atoms with E-state index in [-0.39, 0.29) is 5.82 Å². The van der Waals surface area contributed by atoms with Crippen LogP contribution < -0.4 is 0 Å². The Morgan fingerprint density at radius 2 is 2.45 bits per heavy atom. The molecule has 0 unspecified atom stereocenters. The third-order valence-electron chi connectivity index (χ3n) is 1.63. The van der Waals surface area contributed by atoms with Gasteiger partial charge in [0, 0.05) is 13.2 Å². The average Bonchev–Trinajstić information content (AvgIpc) is 2.30. The Morgan fingerprint density at radius 1 is 1.64 bits per heavy atom. The van der Waals surface area contributed by atoms with Gasteiger partial charge < -0.3 is 4.57 Å². The Balaban J connectivity index is 2.95. The summed E-state index contributed by atoms with van der Waals surface area (Å²) < 4.78 is 14.6.